The average molecular weight is 465 g/mol. The molecular weight excluding hydrogens is 435 g/mol. The van der Waals surface area contributed by atoms with E-state index in [9.17, 15) is 18.8 Å². The van der Waals surface area contributed by atoms with Crippen molar-refractivity contribution < 1.29 is 18.8 Å². The quantitative estimate of drug-likeness (QED) is 0.648. The van der Waals surface area contributed by atoms with Crippen molar-refractivity contribution in [3.05, 3.63) is 77.2 Å². The molecule has 2 unspecified atom stereocenters. The van der Waals surface area contributed by atoms with E-state index in [1.807, 2.05) is 51.1 Å². The standard InChI is InChI=1S/C26H29FN4O3/c1-4-30-21-15-31(20(14-16(2)3)24(32)28-19-12-10-18(27)11-13-19)25(33)22(21)23(29-26(30)34)17-8-6-5-7-9-17/h5-13,16,20,23H,4,14-15H2,1-3H3,(H,28,32)(H,29,34). The second-order valence-corrected chi connectivity index (χ2v) is 8.97. The highest BCUT2D eigenvalue weighted by Crippen LogP contribution is 2.37. The molecule has 4 rings (SSSR count). The van der Waals surface area contributed by atoms with Gasteiger partial charge < -0.3 is 15.5 Å². The van der Waals surface area contributed by atoms with Gasteiger partial charge >= 0.3 is 6.03 Å². The first-order valence-electron chi connectivity index (χ1n) is 11.5. The second kappa shape index (κ2) is 9.67. The summed E-state index contributed by atoms with van der Waals surface area (Å²) in [5, 5.41) is 5.77. The molecule has 0 bridgehead atoms. The first kappa shape index (κ1) is 23.5. The van der Waals surface area contributed by atoms with E-state index in [-0.39, 0.29) is 30.3 Å². The third-order valence-electron chi connectivity index (χ3n) is 6.18. The molecule has 2 heterocycles. The Morgan fingerprint density at radius 1 is 1.12 bits per heavy atom. The molecular formula is C26H29FN4O3. The molecule has 34 heavy (non-hydrogen) atoms. The van der Waals surface area contributed by atoms with E-state index in [1.165, 1.54) is 24.3 Å². The largest absolute Gasteiger partial charge is 0.326 e. The third kappa shape index (κ3) is 4.53. The van der Waals surface area contributed by atoms with Crippen LogP contribution < -0.4 is 10.6 Å². The fourth-order valence-electron chi connectivity index (χ4n) is 4.58. The number of hydrogen-bond donors (Lipinski definition) is 2. The van der Waals surface area contributed by atoms with Gasteiger partial charge in [-0.3, -0.25) is 14.5 Å². The molecule has 4 amide bonds. The van der Waals surface area contributed by atoms with E-state index in [0.29, 0.717) is 29.9 Å². The molecule has 7 nitrogen and oxygen atoms in total. The maximum absolute atomic E-state index is 13.8. The lowest BCUT2D eigenvalue weighted by molar-refractivity contribution is -0.134. The van der Waals surface area contributed by atoms with E-state index < -0.39 is 17.9 Å². The fraction of sp³-hybridized carbons (Fsp3) is 0.346. The summed E-state index contributed by atoms with van der Waals surface area (Å²) in [5.74, 6) is -0.859. The summed E-state index contributed by atoms with van der Waals surface area (Å²) in [6, 6.07) is 13.3. The smallest absolute Gasteiger partial charge is 0.322 e. The number of hydrogen-bond acceptors (Lipinski definition) is 3. The van der Waals surface area contributed by atoms with E-state index in [0.717, 1.165) is 5.56 Å². The molecule has 0 aromatic heterocycles. The molecule has 178 valence electrons. The minimum absolute atomic E-state index is 0.140. The zero-order valence-electron chi connectivity index (χ0n) is 19.5. The molecule has 0 spiro atoms. The molecule has 0 radical (unpaired) electrons. The number of urea groups is 1. The molecule has 2 atom stereocenters. The van der Waals surface area contributed by atoms with Crippen molar-refractivity contribution in [3.8, 4) is 0 Å². The van der Waals surface area contributed by atoms with Gasteiger partial charge in [0.2, 0.25) is 5.91 Å². The van der Waals surface area contributed by atoms with Crippen LogP contribution in [0.1, 0.15) is 38.8 Å². The molecule has 2 N–H and O–H groups in total. The number of amides is 4. The van der Waals surface area contributed by atoms with Crippen LogP contribution in [0.5, 0.6) is 0 Å². The molecule has 2 aliphatic rings. The van der Waals surface area contributed by atoms with Gasteiger partial charge in [-0.2, -0.15) is 0 Å². The van der Waals surface area contributed by atoms with Crippen LogP contribution in [0, 0.1) is 11.7 Å². The lowest BCUT2D eigenvalue weighted by atomic mass is 9.95. The fourth-order valence-corrected chi connectivity index (χ4v) is 4.58. The third-order valence-corrected chi connectivity index (χ3v) is 6.18. The molecule has 8 heteroatoms. The maximum atomic E-state index is 13.8. The lowest BCUT2D eigenvalue weighted by Gasteiger charge is -2.32. The van der Waals surface area contributed by atoms with Crippen LogP contribution in [0.2, 0.25) is 0 Å². The van der Waals surface area contributed by atoms with E-state index in [2.05, 4.69) is 10.6 Å². The monoisotopic (exact) mass is 464 g/mol. The van der Waals surface area contributed by atoms with Gasteiger partial charge in [0.05, 0.1) is 23.9 Å². The van der Waals surface area contributed by atoms with Crippen LogP contribution in [0.25, 0.3) is 0 Å². The van der Waals surface area contributed by atoms with E-state index in [1.54, 1.807) is 9.80 Å². The van der Waals surface area contributed by atoms with Crippen LogP contribution >= 0.6 is 0 Å². The number of likely N-dealkylation sites (N-methyl/N-ethyl adjacent to an activating group) is 1. The summed E-state index contributed by atoms with van der Waals surface area (Å²) in [4.78, 5) is 43.1. The molecule has 2 aliphatic heterocycles. The predicted molar refractivity (Wildman–Crippen MR) is 127 cm³/mol. The van der Waals surface area contributed by atoms with Crippen molar-refractivity contribution in [1.29, 1.82) is 0 Å². The van der Waals surface area contributed by atoms with Crippen molar-refractivity contribution in [1.82, 2.24) is 15.1 Å². The SMILES string of the molecule is CCN1C(=O)NC(c2ccccc2)C2=C1CN(C(CC(C)C)C(=O)Nc1ccc(F)cc1)C2=O. The first-order valence-corrected chi connectivity index (χ1v) is 11.5. The summed E-state index contributed by atoms with van der Waals surface area (Å²) < 4.78 is 13.3. The van der Waals surface area contributed by atoms with Crippen molar-refractivity contribution in [2.75, 3.05) is 18.4 Å². The van der Waals surface area contributed by atoms with Gasteiger partial charge in [-0.15, -0.1) is 0 Å². The number of benzene rings is 2. The van der Waals surface area contributed by atoms with Crippen LogP contribution in [0.4, 0.5) is 14.9 Å². The van der Waals surface area contributed by atoms with Crippen LogP contribution in [-0.4, -0.2) is 46.8 Å². The van der Waals surface area contributed by atoms with Gasteiger partial charge in [-0.1, -0.05) is 44.2 Å². The molecule has 0 aliphatic carbocycles. The average Bonchev–Trinajstić information content (AvgIpc) is 3.15. The normalized spacial score (nSPS) is 18.8. The topological polar surface area (TPSA) is 81.8 Å². The van der Waals surface area contributed by atoms with Gasteiger partial charge in [-0.05, 0) is 49.1 Å². The zero-order chi connectivity index (χ0) is 24.4. The molecule has 0 saturated heterocycles. The zero-order valence-corrected chi connectivity index (χ0v) is 19.5. The number of carbonyl (C=O) groups is 3. The Morgan fingerprint density at radius 3 is 2.41 bits per heavy atom. The molecule has 2 aromatic carbocycles. The number of carbonyl (C=O) groups excluding carboxylic acids is 3. The lowest BCUT2D eigenvalue weighted by Crippen LogP contribution is -2.47. The Labute approximate surface area is 198 Å². The van der Waals surface area contributed by atoms with Crippen LogP contribution in [-0.2, 0) is 9.59 Å². The van der Waals surface area contributed by atoms with E-state index >= 15 is 0 Å². The highest BCUT2D eigenvalue weighted by molar-refractivity contribution is 6.05. The Hall–Kier alpha value is -3.68. The van der Waals surface area contributed by atoms with Gasteiger partial charge in [0.15, 0.2) is 0 Å². The number of anilines is 1. The summed E-state index contributed by atoms with van der Waals surface area (Å²) in [6.07, 6.45) is 0.447. The summed E-state index contributed by atoms with van der Waals surface area (Å²) in [7, 11) is 0. The maximum Gasteiger partial charge on any atom is 0.322 e. The Balaban J connectivity index is 1.67. The summed E-state index contributed by atoms with van der Waals surface area (Å²) in [5.41, 5.74) is 2.40. The summed E-state index contributed by atoms with van der Waals surface area (Å²) in [6.45, 7) is 6.41. The van der Waals surface area contributed by atoms with Crippen molar-refractivity contribution in [2.45, 2.75) is 39.3 Å². The van der Waals surface area contributed by atoms with Crippen LogP contribution in [0.3, 0.4) is 0 Å². The summed E-state index contributed by atoms with van der Waals surface area (Å²) >= 11 is 0. The highest BCUT2D eigenvalue weighted by Gasteiger charge is 2.46. The minimum atomic E-state index is -0.742. The Bertz CT molecular complexity index is 1110. The minimum Gasteiger partial charge on any atom is -0.326 e. The number of rotatable bonds is 7. The number of halogens is 1. The Kier molecular flexibility index (Phi) is 6.68. The van der Waals surface area contributed by atoms with Crippen molar-refractivity contribution in [2.24, 2.45) is 5.92 Å². The molecule has 2 aromatic rings. The highest BCUT2D eigenvalue weighted by atomic mass is 19.1. The Morgan fingerprint density at radius 2 is 1.79 bits per heavy atom. The van der Waals surface area contributed by atoms with E-state index in [4.69, 9.17) is 0 Å². The first-order chi connectivity index (χ1) is 16.3. The van der Waals surface area contributed by atoms with Gasteiger partial charge in [-0.25, -0.2) is 9.18 Å². The second-order valence-electron chi connectivity index (χ2n) is 8.97. The van der Waals surface area contributed by atoms with Crippen molar-refractivity contribution >= 4 is 23.5 Å². The van der Waals surface area contributed by atoms with Gasteiger partial charge in [0.25, 0.3) is 5.91 Å². The van der Waals surface area contributed by atoms with Gasteiger partial charge in [0, 0.05) is 12.2 Å². The van der Waals surface area contributed by atoms with Crippen molar-refractivity contribution in [3.63, 3.8) is 0 Å². The molecule has 0 fully saturated rings. The van der Waals surface area contributed by atoms with Gasteiger partial charge in [0.1, 0.15) is 11.9 Å². The van der Waals surface area contributed by atoms with Crippen LogP contribution in [0.15, 0.2) is 65.9 Å². The number of nitrogens with one attached hydrogen (secondary N) is 2. The number of nitrogens with zero attached hydrogens (tertiary/aromatic N) is 2. The molecule has 0 saturated carbocycles. The predicted octanol–water partition coefficient (Wildman–Crippen LogP) is 4.06.